The fourth-order valence-corrected chi connectivity index (χ4v) is 3.21. The fourth-order valence-electron chi connectivity index (χ4n) is 3.21. The van der Waals surface area contributed by atoms with Crippen molar-refractivity contribution in [2.45, 2.75) is 57.4 Å². The zero-order valence-electron chi connectivity index (χ0n) is 11.7. The molecule has 2 N–H and O–H groups in total. The van der Waals surface area contributed by atoms with E-state index in [-0.39, 0.29) is 18.5 Å². The third-order valence-corrected chi connectivity index (χ3v) is 4.55. The lowest BCUT2D eigenvalue weighted by Crippen LogP contribution is -2.52. The highest BCUT2D eigenvalue weighted by Crippen LogP contribution is 2.39. The summed E-state index contributed by atoms with van der Waals surface area (Å²) < 4.78 is 0. The molecule has 1 saturated heterocycles. The summed E-state index contributed by atoms with van der Waals surface area (Å²) in [5.41, 5.74) is -0.581. The van der Waals surface area contributed by atoms with E-state index in [1.54, 1.807) is 4.90 Å². The predicted molar refractivity (Wildman–Crippen MR) is 71.5 cm³/mol. The summed E-state index contributed by atoms with van der Waals surface area (Å²) in [6, 6.07) is -0.233. The van der Waals surface area contributed by atoms with Crippen molar-refractivity contribution in [1.82, 2.24) is 10.2 Å². The first kappa shape index (κ1) is 14.3. The molecule has 0 aromatic rings. The summed E-state index contributed by atoms with van der Waals surface area (Å²) in [6.07, 6.45) is 6.08. The van der Waals surface area contributed by atoms with Gasteiger partial charge in [0.15, 0.2) is 0 Å². The maximum atomic E-state index is 12.2. The summed E-state index contributed by atoms with van der Waals surface area (Å²) >= 11 is 0. The lowest BCUT2D eigenvalue weighted by Gasteiger charge is -2.40. The number of urea groups is 1. The van der Waals surface area contributed by atoms with Gasteiger partial charge in [0.1, 0.15) is 5.54 Å². The van der Waals surface area contributed by atoms with Crippen molar-refractivity contribution in [3.63, 3.8) is 0 Å². The van der Waals surface area contributed by atoms with Crippen molar-refractivity contribution in [2.24, 2.45) is 5.92 Å². The van der Waals surface area contributed by atoms with Gasteiger partial charge >= 0.3 is 6.03 Å². The molecule has 5 nitrogen and oxygen atoms in total. The van der Waals surface area contributed by atoms with Crippen LogP contribution in [-0.2, 0) is 4.79 Å². The van der Waals surface area contributed by atoms with Crippen molar-refractivity contribution in [3.8, 4) is 0 Å². The highest BCUT2D eigenvalue weighted by molar-refractivity contribution is 6.07. The first-order valence-electron chi connectivity index (χ1n) is 7.34. The van der Waals surface area contributed by atoms with Crippen molar-refractivity contribution >= 4 is 11.9 Å². The van der Waals surface area contributed by atoms with E-state index in [4.69, 9.17) is 5.11 Å². The smallest absolute Gasteiger partial charge is 0.325 e. The number of carbonyl (C=O) groups excluding carboxylic acids is 2. The van der Waals surface area contributed by atoms with E-state index in [2.05, 4.69) is 12.2 Å². The molecule has 1 spiro atoms. The Labute approximate surface area is 114 Å². The summed E-state index contributed by atoms with van der Waals surface area (Å²) in [5.74, 6) is 0.539. The number of amides is 3. The first-order valence-corrected chi connectivity index (χ1v) is 7.34. The number of unbranched alkanes of at least 4 members (excludes halogenated alkanes) is 2. The number of nitrogens with one attached hydrogen (secondary N) is 1. The van der Waals surface area contributed by atoms with E-state index in [1.165, 1.54) is 0 Å². The van der Waals surface area contributed by atoms with Crippen LogP contribution in [0.1, 0.15) is 51.9 Å². The number of aliphatic hydroxyl groups excluding tert-OH is 1. The predicted octanol–water partition coefficient (Wildman–Crippen LogP) is 1.65. The normalized spacial score (nSPS) is 31.1. The van der Waals surface area contributed by atoms with Crippen LogP contribution in [0.4, 0.5) is 4.79 Å². The zero-order valence-corrected chi connectivity index (χ0v) is 11.7. The highest BCUT2D eigenvalue weighted by atomic mass is 16.3. The second kappa shape index (κ2) is 5.90. The summed E-state index contributed by atoms with van der Waals surface area (Å²) in [5, 5.41) is 11.3. The lowest BCUT2D eigenvalue weighted by molar-refractivity contribution is -0.128. The van der Waals surface area contributed by atoms with Gasteiger partial charge in [0, 0.05) is 13.2 Å². The quantitative estimate of drug-likeness (QED) is 0.588. The van der Waals surface area contributed by atoms with E-state index in [0.29, 0.717) is 12.5 Å². The monoisotopic (exact) mass is 268 g/mol. The van der Waals surface area contributed by atoms with Crippen molar-refractivity contribution in [2.75, 3.05) is 13.2 Å². The van der Waals surface area contributed by atoms with Crippen LogP contribution in [-0.4, -0.2) is 40.6 Å². The summed E-state index contributed by atoms with van der Waals surface area (Å²) in [4.78, 5) is 25.9. The maximum Gasteiger partial charge on any atom is 0.325 e. The third-order valence-electron chi connectivity index (χ3n) is 4.55. The van der Waals surface area contributed by atoms with Crippen molar-refractivity contribution in [3.05, 3.63) is 0 Å². The van der Waals surface area contributed by atoms with E-state index >= 15 is 0 Å². The number of nitrogens with zero attached hydrogens (tertiary/aromatic N) is 1. The van der Waals surface area contributed by atoms with Gasteiger partial charge in [-0.05, 0) is 50.9 Å². The molecule has 5 heteroatoms. The van der Waals surface area contributed by atoms with E-state index < -0.39 is 5.54 Å². The second-order valence-corrected chi connectivity index (χ2v) is 5.91. The molecule has 0 aromatic carbocycles. The van der Waals surface area contributed by atoms with E-state index in [9.17, 15) is 9.59 Å². The Hall–Kier alpha value is -1.10. The Bertz CT molecular complexity index is 349. The molecule has 0 radical (unpaired) electrons. The molecular weight excluding hydrogens is 244 g/mol. The van der Waals surface area contributed by atoms with Crippen LogP contribution in [0.5, 0.6) is 0 Å². The van der Waals surface area contributed by atoms with Gasteiger partial charge in [0.2, 0.25) is 0 Å². The molecule has 0 aromatic heterocycles. The number of aliphatic hydroxyl groups is 1. The third kappa shape index (κ3) is 2.76. The average molecular weight is 268 g/mol. The van der Waals surface area contributed by atoms with E-state index in [1.807, 2.05) is 0 Å². The molecule has 1 heterocycles. The number of imide groups is 1. The van der Waals surface area contributed by atoms with Gasteiger partial charge in [-0.2, -0.15) is 0 Å². The Balaban J connectivity index is 2.01. The van der Waals surface area contributed by atoms with Gasteiger partial charge < -0.3 is 10.0 Å². The van der Waals surface area contributed by atoms with E-state index in [0.717, 1.165) is 44.9 Å². The SMILES string of the molecule is CC1CCC2(CC1)C(=O)NC(=O)N2CCCCCO. The van der Waals surface area contributed by atoms with Gasteiger partial charge in [0.05, 0.1) is 0 Å². The molecule has 19 heavy (non-hydrogen) atoms. The molecule has 2 rings (SSSR count). The highest BCUT2D eigenvalue weighted by Gasteiger charge is 2.53. The molecule has 1 saturated carbocycles. The molecular formula is C14H24N2O3. The minimum atomic E-state index is -0.581. The molecule has 2 aliphatic rings. The molecule has 108 valence electrons. The van der Waals surface area contributed by atoms with Gasteiger partial charge in [-0.15, -0.1) is 0 Å². The number of hydrogen-bond donors (Lipinski definition) is 2. The Morgan fingerprint density at radius 2 is 1.95 bits per heavy atom. The van der Waals surface area contributed by atoms with Gasteiger partial charge in [0.25, 0.3) is 5.91 Å². The largest absolute Gasteiger partial charge is 0.396 e. The standard InChI is InChI=1S/C14H24N2O3/c1-11-5-7-14(8-6-11)12(18)15-13(19)16(14)9-3-2-4-10-17/h11,17H,2-10H2,1H3,(H,15,18,19). The fraction of sp³-hybridized carbons (Fsp3) is 0.857. The first-order chi connectivity index (χ1) is 9.10. The van der Waals surface area contributed by atoms with Crippen LogP contribution in [0.2, 0.25) is 0 Å². The van der Waals surface area contributed by atoms with Gasteiger partial charge in [-0.25, -0.2) is 4.79 Å². The Morgan fingerprint density at radius 1 is 1.26 bits per heavy atom. The van der Waals surface area contributed by atoms with Crippen LogP contribution < -0.4 is 5.32 Å². The number of carbonyl (C=O) groups is 2. The molecule has 2 fully saturated rings. The van der Waals surface area contributed by atoms with Gasteiger partial charge in [-0.1, -0.05) is 6.92 Å². The molecule has 1 aliphatic heterocycles. The Morgan fingerprint density at radius 3 is 2.58 bits per heavy atom. The molecule has 0 unspecified atom stereocenters. The number of rotatable bonds is 5. The molecule has 0 atom stereocenters. The lowest BCUT2D eigenvalue weighted by atomic mass is 9.76. The minimum Gasteiger partial charge on any atom is -0.396 e. The molecule has 3 amide bonds. The maximum absolute atomic E-state index is 12.2. The summed E-state index contributed by atoms with van der Waals surface area (Å²) in [7, 11) is 0. The van der Waals surface area contributed by atoms with Crippen LogP contribution in [0.25, 0.3) is 0 Å². The van der Waals surface area contributed by atoms with Crippen LogP contribution in [0, 0.1) is 5.92 Å². The molecule has 1 aliphatic carbocycles. The van der Waals surface area contributed by atoms with Crippen LogP contribution >= 0.6 is 0 Å². The topological polar surface area (TPSA) is 69.6 Å². The summed E-state index contributed by atoms with van der Waals surface area (Å²) in [6.45, 7) is 3.01. The average Bonchev–Trinajstić information content (AvgIpc) is 2.61. The van der Waals surface area contributed by atoms with Crippen molar-refractivity contribution in [1.29, 1.82) is 0 Å². The number of hydrogen-bond acceptors (Lipinski definition) is 3. The Kier molecular flexibility index (Phi) is 4.45. The van der Waals surface area contributed by atoms with Gasteiger partial charge in [-0.3, -0.25) is 10.1 Å². The van der Waals surface area contributed by atoms with Crippen LogP contribution in [0.3, 0.4) is 0 Å². The molecule has 0 bridgehead atoms. The second-order valence-electron chi connectivity index (χ2n) is 5.91. The van der Waals surface area contributed by atoms with Crippen molar-refractivity contribution < 1.29 is 14.7 Å². The zero-order chi connectivity index (χ0) is 13.9. The minimum absolute atomic E-state index is 0.105. The van der Waals surface area contributed by atoms with Crippen LogP contribution in [0.15, 0.2) is 0 Å².